The highest BCUT2D eigenvalue weighted by molar-refractivity contribution is 5.96. The largest absolute Gasteiger partial charge is 0.335 e. The minimum Gasteiger partial charge on any atom is -0.335 e. The summed E-state index contributed by atoms with van der Waals surface area (Å²) in [5.74, 6) is -0.0212. The summed E-state index contributed by atoms with van der Waals surface area (Å²) in [5, 5.41) is 10.5. The molecule has 27 heavy (non-hydrogen) atoms. The third-order valence-corrected chi connectivity index (χ3v) is 5.16. The van der Waals surface area contributed by atoms with Gasteiger partial charge in [-0.3, -0.25) is 14.7 Å². The van der Waals surface area contributed by atoms with E-state index in [4.69, 9.17) is 0 Å². The van der Waals surface area contributed by atoms with Crippen molar-refractivity contribution in [2.24, 2.45) is 0 Å². The summed E-state index contributed by atoms with van der Waals surface area (Å²) in [6.45, 7) is 5.74. The number of carbonyl (C=O) groups excluding carboxylic acids is 2. The third kappa shape index (κ3) is 3.84. The van der Waals surface area contributed by atoms with E-state index in [2.05, 4.69) is 15.5 Å². The molecule has 1 fully saturated rings. The van der Waals surface area contributed by atoms with Gasteiger partial charge in [-0.25, -0.2) is 0 Å². The Bertz CT molecular complexity index is 825. The van der Waals surface area contributed by atoms with E-state index in [0.717, 1.165) is 29.8 Å². The molecule has 2 amide bonds. The SMILES string of the molecule is Cc1ccc(C(=O)N2CCN(C(=O)c3n[nH]c4c3CNCC4)CC2)cc1.Cl. The Hall–Kier alpha value is -2.38. The van der Waals surface area contributed by atoms with Crippen molar-refractivity contribution in [3.63, 3.8) is 0 Å². The standard InChI is InChI=1S/C19H23N5O2.ClH/c1-13-2-4-14(5-3-13)18(25)23-8-10-24(11-9-23)19(26)17-15-12-20-7-6-16(15)21-22-17;/h2-5,20H,6-12H2,1H3,(H,21,22);1H. The molecule has 8 heteroatoms. The van der Waals surface area contributed by atoms with Gasteiger partial charge in [0.05, 0.1) is 0 Å². The van der Waals surface area contributed by atoms with Crippen molar-refractivity contribution < 1.29 is 9.59 Å². The predicted octanol–water partition coefficient (Wildman–Crippen LogP) is 1.38. The zero-order valence-corrected chi connectivity index (χ0v) is 16.1. The zero-order chi connectivity index (χ0) is 18.1. The number of fused-ring (bicyclic) bond motifs is 1. The maximum atomic E-state index is 12.8. The summed E-state index contributed by atoms with van der Waals surface area (Å²) < 4.78 is 0. The zero-order valence-electron chi connectivity index (χ0n) is 15.3. The fourth-order valence-corrected chi connectivity index (χ4v) is 3.54. The molecular formula is C19H24ClN5O2. The van der Waals surface area contributed by atoms with E-state index in [1.165, 1.54) is 0 Å². The first-order valence-electron chi connectivity index (χ1n) is 9.05. The van der Waals surface area contributed by atoms with Crippen LogP contribution in [0.4, 0.5) is 0 Å². The normalized spacial score (nSPS) is 16.5. The van der Waals surface area contributed by atoms with Crippen LogP contribution in [-0.2, 0) is 13.0 Å². The molecule has 1 aromatic heterocycles. The summed E-state index contributed by atoms with van der Waals surface area (Å²) in [5.41, 5.74) is 4.39. The molecule has 7 nitrogen and oxygen atoms in total. The van der Waals surface area contributed by atoms with Crippen molar-refractivity contribution in [3.8, 4) is 0 Å². The van der Waals surface area contributed by atoms with E-state index in [1.807, 2.05) is 36.1 Å². The van der Waals surface area contributed by atoms with Crippen LogP contribution in [0.2, 0.25) is 0 Å². The van der Waals surface area contributed by atoms with Crippen LogP contribution in [-0.4, -0.2) is 64.5 Å². The number of rotatable bonds is 2. The number of halogens is 1. The van der Waals surface area contributed by atoms with Crippen LogP contribution >= 0.6 is 12.4 Å². The second-order valence-electron chi connectivity index (χ2n) is 6.91. The lowest BCUT2D eigenvalue weighted by atomic mass is 10.1. The first-order valence-corrected chi connectivity index (χ1v) is 9.05. The minimum absolute atomic E-state index is 0. The summed E-state index contributed by atoms with van der Waals surface area (Å²) in [6, 6.07) is 7.61. The first-order chi connectivity index (χ1) is 12.6. The molecule has 144 valence electrons. The summed E-state index contributed by atoms with van der Waals surface area (Å²) >= 11 is 0. The molecule has 0 bridgehead atoms. The van der Waals surface area contributed by atoms with Gasteiger partial charge in [-0.1, -0.05) is 17.7 Å². The number of nitrogens with zero attached hydrogens (tertiary/aromatic N) is 3. The van der Waals surface area contributed by atoms with Crippen LogP contribution in [0.25, 0.3) is 0 Å². The Morgan fingerprint density at radius 3 is 2.30 bits per heavy atom. The smallest absolute Gasteiger partial charge is 0.274 e. The topological polar surface area (TPSA) is 81.3 Å². The summed E-state index contributed by atoms with van der Waals surface area (Å²) in [6.07, 6.45) is 0.869. The average Bonchev–Trinajstić information content (AvgIpc) is 3.12. The Morgan fingerprint density at radius 1 is 1.00 bits per heavy atom. The molecule has 2 aliphatic rings. The molecular weight excluding hydrogens is 366 g/mol. The number of carbonyl (C=O) groups is 2. The maximum absolute atomic E-state index is 12.8. The van der Waals surface area contributed by atoms with E-state index in [1.54, 1.807) is 4.90 Å². The van der Waals surface area contributed by atoms with Crippen molar-refractivity contribution in [3.05, 3.63) is 52.3 Å². The molecule has 0 unspecified atom stereocenters. The van der Waals surface area contributed by atoms with Crippen molar-refractivity contribution in [2.75, 3.05) is 32.7 Å². The van der Waals surface area contributed by atoms with E-state index < -0.39 is 0 Å². The van der Waals surface area contributed by atoms with Crippen molar-refractivity contribution in [2.45, 2.75) is 19.9 Å². The van der Waals surface area contributed by atoms with E-state index in [0.29, 0.717) is 44.0 Å². The van der Waals surface area contributed by atoms with E-state index in [9.17, 15) is 9.59 Å². The van der Waals surface area contributed by atoms with Gasteiger partial charge in [0.2, 0.25) is 0 Å². The number of aryl methyl sites for hydroxylation is 1. The van der Waals surface area contributed by atoms with Crippen LogP contribution in [0.3, 0.4) is 0 Å². The Labute approximate surface area is 164 Å². The highest BCUT2D eigenvalue weighted by Crippen LogP contribution is 2.18. The van der Waals surface area contributed by atoms with Gasteiger partial charge in [-0.05, 0) is 19.1 Å². The molecule has 0 atom stereocenters. The van der Waals surface area contributed by atoms with Gasteiger partial charge in [0, 0.05) is 62.5 Å². The van der Waals surface area contributed by atoms with Gasteiger partial charge in [0.15, 0.2) is 5.69 Å². The molecule has 2 aliphatic heterocycles. The average molecular weight is 390 g/mol. The third-order valence-electron chi connectivity index (χ3n) is 5.16. The van der Waals surface area contributed by atoms with Gasteiger partial charge >= 0.3 is 0 Å². The van der Waals surface area contributed by atoms with Crippen LogP contribution in [0.1, 0.15) is 37.7 Å². The highest BCUT2D eigenvalue weighted by Gasteiger charge is 2.29. The van der Waals surface area contributed by atoms with Crippen molar-refractivity contribution >= 4 is 24.2 Å². The molecule has 2 N–H and O–H groups in total. The number of aromatic amines is 1. The molecule has 3 heterocycles. The Morgan fingerprint density at radius 2 is 1.63 bits per heavy atom. The van der Waals surface area contributed by atoms with Crippen LogP contribution in [0, 0.1) is 6.92 Å². The number of nitrogens with one attached hydrogen (secondary N) is 2. The number of piperazine rings is 1. The number of hydrogen-bond acceptors (Lipinski definition) is 4. The molecule has 0 saturated carbocycles. The quantitative estimate of drug-likeness (QED) is 0.813. The van der Waals surface area contributed by atoms with E-state index >= 15 is 0 Å². The van der Waals surface area contributed by atoms with Gasteiger partial charge < -0.3 is 15.1 Å². The lowest BCUT2D eigenvalue weighted by Crippen LogP contribution is -2.50. The first kappa shape index (κ1) is 19.4. The molecule has 0 aliphatic carbocycles. The van der Waals surface area contributed by atoms with Crippen molar-refractivity contribution in [1.29, 1.82) is 0 Å². The molecule has 1 saturated heterocycles. The molecule has 2 aromatic rings. The van der Waals surface area contributed by atoms with E-state index in [-0.39, 0.29) is 24.2 Å². The van der Waals surface area contributed by atoms with Gasteiger partial charge in [-0.2, -0.15) is 5.10 Å². The number of H-pyrrole nitrogens is 1. The summed E-state index contributed by atoms with van der Waals surface area (Å²) in [4.78, 5) is 29.0. The molecule has 0 radical (unpaired) electrons. The predicted molar refractivity (Wildman–Crippen MR) is 104 cm³/mol. The number of hydrogen-bond donors (Lipinski definition) is 2. The number of amides is 2. The summed E-state index contributed by atoms with van der Waals surface area (Å²) in [7, 11) is 0. The maximum Gasteiger partial charge on any atom is 0.274 e. The van der Waals surface area contributed by atoms with Crippen LogP contribution in [0.5, 0.6) is 0 Å². The molecule has 1 aromatic carbocycles. The number of aromatic nitrogens is 2. The number of benzene rings is 1. The molecule has 4 rings (SSSR count). The van der Waals surface area contributed by atoms with Crippen LogP contribution < -0.4 is 5.32 Å². The highest BCUT2D eigenvalue weighted by atomic mass is 35.5. The van der Waals surface area contributed by atoms with Gasteiger partial charge in [-0.15, -0.1) is 12.4 Å². The minimum atomic E-state index is -0.0476. The second kappa shape index (κ2) is 8.10. The van der Waals surface area contributed by atoms with Gasteiger partial charge in [0.25, 0.3) is 11.8 Å². The second-order valence-corrected chi connectivity index (χ2v) is 6.91. The molecule has 0 spiro atoms. The van der Waals surface area contributed by atoms with Crippen LogP contribution in [0.15, 0.2) is 24.3 Å². The Balaban J connectivity index is 0.00000210. The fraction of sp³-hybridized carbons (Fsp3) is 0.421. The lowest BCUT2D eigenvalue weighted by Gasteiger charge is -2.34. The van der Waals surface area contributed by atoms with Gasteiger partial charge in [0.1, 0.15) is 0 Å². The lowest BCUT2D eigenvalue weighted by molar-refractivity contribution is 0.0531. The Kier molecular flexibility index (Phi) is 5.82. The van der Waals surface area contributed by atoms with Crippen molar-refractivity contribution in [1.82, 2.24) is 25.3 Å². The fourth-order valence-electron chi connectivity index (χ4n) is 3.54. The monoisotopic (exact) mass is 389 g/mol.